The fourth-order valence-corrected chi connectivity index (χ4v) is 2.47. The largest absolute Gasteiger partial charge is 0.451 e. The number of aryl methyl sites for hydroxylation is 1. The van der Waals surface area contributed by atoms with E-state index in [4.69, 9.17) is 18.0 Å². The Morgan fingerprint density at radius 1 is 1.32 bits per heavy atom. The van der Waals surface area contributed by atoms with Crippen LogP contribution in [0.25, 0.3) is 5.69 Å². The predicted octanol–water partition coefficient (Wildman–Crippen LogP) is 2.14. The highest BCUT2D eigenvalue weighted by Crippen LogP contribution is 2.27. The Labute approximate surface area is 128 Å². The van der Waals surface area contributed by atoms with E-state index >= 15 is 0 Å². The molecule has 2 aromatic rings. The molecule has 0 saturated carbocycles. The molecular formula is C13H13F3N4OS. The van der Waals surface area contributed by atoms with Gasteiger partial charge in [-0.2, -0.15) is 17.9 Å². The Bertz CT molecular complexity index is 820. The minimum atomic E-state index is -4.72. The monoisotopic (exact) mass is 330 g/mol. The number of H-pyrrole nitrogens is 1. The van der Waals surface area contributed by atoms with Crippen molar-refractivity contribution < 1.29 is 13.2 Å². The van der Waals surface area contributed by atoms with E-state index in [9.17, 15) is 18.0 Å². The molecule has 0 spiro atoms. The molecule has 118 valence electrons. The van der Waals surface area contributed by atoms with Crippen LogP contribution in [0.3, 0.4) is 0 Å². The summed E-state index contributed by atoms with van der Waals surface area (Å²) in [4.78, 5) is 13.7. The average Bonchev–Trinajstić information content (AvgIpc) is 2.76. The minimum Gasteiger partial charge on any atom is -0.389 e. The summed E-state index contributed by atoms with van der Waals surface area (Å²) in [7, 11) is 0. The van der Waals surface area contributed by atoms with Gasteiger partial charge in [-0.15, -0.1) is 5.10 Å². The summed E-state index contributed by atoms with van der Waals surface area (Å²) in [5.41, 5.74) is 7.40. The molecule has 0 aliphatic carbocycles. The number of halogens is 3. The Balaban J connectivity index is 2.75. The van der Waals surface area contributed by atoms with Gasteiger partial charge in [-0.05, 0) is 43.5 Å². The average molecular weight is 330 g/mol. The lowest BCUT2D eigenvalue weighted by atomic mass is 9.97. The summed E-state index contributed by atoms with van der Waals surface area (Å²) in [5, 5.41) is 3.35. The van der Waals surface area contributed by atoms with Gasteiger partial charge in [-0.1, -0.05) is 12.2 Å². The van der Waals surface area contributed by atoms with Gasteiger partial charge in [-0.25, -0.2) is 4.79 Å². The molecular weight excluding hydrogens is 317 g/mol. The predicted molar refractivity (Wildman–Crippen MR) is 79.3 cm³/mol. The third-order valence-electron chi connectivity index (χ3n) is 3.42. The van der Waals surface area contributed by atoms with Crippen LogP contribution in [-0.2, 0) is 6.18 Å². The van der Waals surface area contributed by atoms with Crippen LogP contribution in [0.5, 0.6) is 0 Å². The summed E-state index contributed by atoms with van der Waals surface area (Å²) >= 11 is 4.95. The number of alkyl halides is 3. The maximum absolute atomic E-state index is 12.7. The fourth-order valence-electron chi connectivity index (χ4n) is 2.25. The first-order chi connectivity index (χ1) is 10.0. The van der Waals surface area contributed by atoms with Crippen molar-refractivity contribution in [3.05, 3.63) is 44.6 Å². The minimum absolute atomic E-state index is 0.181. The molecule has 0 aliphatic rings. The number of aromatic nitrogens is 3. The van der Waals surface area contributed by atoms with Gasteiger partial charge >= 0.3 is 11.9 Å². The number of hydrogen-bond donors (Lipinski definition) is 2. The standard InChI is InChI=1S/C13H13F3N4OS/c1-5-4-8(10(17)22)6(2)7(3)9(5)20-12(21)18-11(19-20)13(14,15)16/h4H,1-3H3,(H2,17,22)(H,18,19,21). The van der Waals surface area contributed by atoms with Gasteiger partial charge in [0, 0.05) is 5.56 Å². The van der Waals surface area contributed by atoms with Crippen molar-refractivity contribution in [3.8, 4) is 5.69 Å². The van der Waals surface area contributed by atoms with Crippen LogP contribution in [0.1, 0.15) is 28.1 Å². The summed E-state index contributed by atoms with van der Waals surface area (Å²) in [6, 6.07) is 1.63. The molecule has 1 heterocycles. The Morgan fingerprint density at radius 2 is 1.91 bits per heavy atom. The topological polar surface area (TPSA) is 76.7 Å². The highest BCUT2D eigenvalue weighted by atomic mass is 32.1. The number of thiocarbonyl (C=S) groups is 1. The normalized spacial score (nSPS) is 11.7. The zero-order valence-corrected chi connectivity index (χ0v) is 12.8. The van der Waals surface area contributed by atoms with Crippen molar-refractivity contribution in [2.75, 3.05) is 0 Å². The van der Waals surface area contributed by atoms with E-state index < -0.39 is 17.7 Å². The highest BCUT2D eigenvalue weighted by molar-refractivity contribution is 7.80. The van der Waals surface area contributed by atoms with E-state index in [1.165, 1.54) is 0 Å². The Morgan fingerprint density at radius 3 is 2.36 bits per heavy atom. The lowest BCUT2D eigenvalue weighted by Crippen LogP contribution is -2.20. The SMILES string of the molecule is Cc1cc(C(N)=S)c(C)c(C)c1-n1nc(C(F)(F)F)[nH]c1=O. The van der Waals surface area contributed by atoms with Crippen LogP contribution in [0.2, 0.25) is 0 Å². The van der Waals surface area contributed by atoms with Crippen LogP contribution in [0.15, 0.2) is 10.9 Å². The zero-order chi connectivity index (χ0) is 16.8. The molecule has 0 amide bonds. The second-order valence-electron chi connectivity index (χ2n) is 4.89. The molecule has 0 atom stereocenters. The summed E-state index contributed by atoms with van der Waals surface area (Å²) in [5.74, 6) is -1.34. The number of rotatable bonds is 2. The number of hydrogen-bond acceptors (Lipinski definition) is 3. The Kier molecular flexibility index (Phi) is 3.86. The zero-order valence-electron chi connectivity index (χ0n) is 12.0. The van der Waals surface area contributed by atoms with E-state index in [-0.39, 0.29) is 10.7 Å². The van der Waals surface area contributed by atoms with Crippen molar-refractivity contribution in [2.45, 2.75) is 26.9 Å². The van der Waals surface area contributed by atoms with Crippen LogP contribution in [-0.4, -0.2) is 19.8 Å². The molecule has 0 radical (unpaired) electrons. The molecule has 0 bridgehead atoms. The maximum Gasteiger partial charge on any atom is 0.451 e. The molecule has 9 heteroatoms. The van der Waals surface area contributed by atoms with Crippen LogP contribution in [0.4, 0.5) is 13.2 Å². The van der Waals surface area contributed by atoms with Crippen LogP contribution >= 0.6 is 12.2 Å². The van der Waals surface area contributed by atoms with E-state index in [0.29, 0.717) is 26.9 Å². The van der Waals surface area contributed by atoms with E-state index in [1.807, 2.05) is 0 Å². The molecule has 22 heavy (non-hydrogen) atoms. The number of nitrogens with zero attached hydrogens (tertiary/aromatic N) is 2. The van der Waals surface area contributed by atoms with Crippen molar-refractivity contribution in [1.82, 2.24) is 14.8 Å². The summed E-state index contributed by atoms with van der Waals surface area (Å²) in [6.45, 7) is 5.06. The molecule has 0 fully saturated rings. The van der Waals surface area contributed by atoms with Crippen LogP contribution < -0.4 is 11.4 Å². The van der Waals surface area contributed by atoms with Crippen molar-refractivity contribution in [3.63, 3.8) is 0 Å². The molecule has 1 aromatic carbocycles. The van der Waals surface area contributed by atoms with Gasteiger partial charge in [0.1, 0.15) is 4.99 Å². The van der Waals surface area contributed by atoms with Gasteiger partial charge < -0.3 is 5.73 Å². The van der Waals surface area contributed by atoms with Crippen LogP contribution in [0, 0.1) is 20.8 Å². The van der Waals surface area contributed by atoms with Gasteiger partial charge in [0.2, 0.25) is 5.82 Å². The van der Waals surface area contributed by atoms with Gasteiger partial charge in [0.25, 0.3) is 0 Å². The molecule has 1 aromatic heterocycles. The van der Waals surface area contributed by atoms with Crippen molar-refractivity contribution in [1.29, 1.82) is 0 Å². The summed E-state index contributed by atoms with van der Waals surface area (Å²) < 4.78 is 38.7. The quantitative estimate of drug-likeness (QED) is 0.827. The molecule has 0 saturated heterocycles. The van der Waals surface area contributed by atoms with E-state index in [0.717, 1.165) is 0 Å². The van der Waals surface area contributed by atoms with Crippen molar-refractivity contribution in [2.24, 2.45) is 5.73 Å². The molecule has 0 aliphatic heterocycles. The molecule has 3 N–H and O–H groups in total. The lowest BCUT2D eigenvalue weighted by Gasteiger charge is -2.15. The Hall–Kier alpha value is -2.16. The number of aromatic amines is 1. The van der Waals surface area contributed by atoms with Gasteiger partial charge in [0.15, 0.2) is 0 Å². The number of nitrogens with one attached hydrogen (secondary N) is 1. The highest BCUT2D eigenvalue weighted by Gasteiger charge is 2.36. The maximum atomic E-state index is 12.7. The van der Waals surface area contributed by atoms with E-state index in [1.54, 1.807) is 31.8 Å². The third-order valence-corrected chi connectivity index (χ3v) is 3.64. The fraction of sp³-hybridized carbons (Fsp3) is 0.308. The number of benzene rings is 1. The van der Waals surface area contributed by atoms with Gasteiger partial charge in [-0.3, -0.25) is 4.98 Å². The second kappa shape index (κ2) is 5.24. The second-order valence-corrected chi connectivity index (χ2v) is 5.33. The molecule has 5 nitrogen and oxygen atoms in total. The third kappa shape index (κ3) is 2.63. The molecule has 2 rings (SSSR count). The molecule has 0 unspecified atom stereocenters. The first-order valence-electron chi connectivity index (χ1n) is 6.21. The van der Waals surface area contributed by atoms with Crippen molar-refractivity contribution >= 4 is 17.2 Å². The summed E-state index contributed by atoms with van der Waals surface area (Å²) in [6.07, 6.45) is -4.72. The smallest absolute Gasteiger partial charge is 0.389 e. The number of nitrogens with two attached hydrogens (primary N) is 1. The lowest BCUT2D eigenvalue weighted by molar-refractivity contribution is -0.144. The van der Waals surface area contributed by atoms with E-state index in [2.05, 4.69) is 5.10 Å². The first kappa shape index (κ1) is 16.2. The first-order valence-corrected chi connectivity index (χ1v) is 6.62. The van der Waals surface area contributed by atoms with Gasteiger partial charge in [0.05, 0.1) is 5.69 Å².